The Morgan fingerprint density at radius 1 is 1.17 bits per heavy atom. The monoisotopic (exact) mass is 301 g/mol. The molecule has 0 fully saturated rings. The Labute approximate surface area is 148 Å². The summed E-state index contributed by atoms with van der Waals surface area (Å²) >= 11 is 0. The average Bonchev–Trinajstić information content (AvgIpc) is 2.58. The van der Waals surface area contributed by atoms with Crippen molar-refractivity contribution in [2.75, 3.05) is 13.7 Å². The van der Waals surface area contributed by atoms with Crippen LogP contribution in [0.3, 0.4) is 0 Å². The molecular formula is C18H16LiNO3. The number of benzene rings is 2. The van der Waals surface area contributed by atoms with E-state index in [2.05, 4.69) is 18.0 Å². The minimum Gasteiger partial charge on any atom is -0.507 e. The van der Waals surface area contributed by atoms with Crippen LogP contribution in [0.2, 0.25) is 0 Å². The molecule has 0 spiro atoms. The van der Waals surface area contributed by atoms with Gasteiger partial charge in [0, 0.05) is 11.8 Å². The molecule has 0 aliphatic heterocycles. The molecule has 0 saturated heterocycles. The number of hydrogen-bond donors (Lipinski definition) is 0. The molecule has 2 rings (SSSR count). The molecule has 0 radical (unpaired) electrons. The average molecular weight is 301 g/mol. The van der Waals surface area contributed by atoms with Gasteiger partial charge in [0.1, 0.15) is 6.61 Å². The number of ether oxygens (including phenoxy) is 2. The molecule has 0 atom stereocenters. The van der Waals surface area contributed by atoms with Gasteiger partial charge in [-0.15, -0.1) is 12.1 Å². The summed E-state index contributed by atoms with van der Waals surface area (Å²) in [6.45, 7) is 0.529. The number of amides is 1. The van der Waals surface area contributed by atoms with Crippen molar-refractivity contribution in [1.29, 1.82) is 0 Å². The van der Waals surface area contributed by atoms with E-state index in [1.54, 1.807) is 12.1 Å². The maximum absolute atomic E-state index is 11.7. The maximum Gasteiger partial charge on any atom is 1.00 e. The van der Waals surface area contributed by atoms with Crippen LogP contribution >= 0.6 is 0 Å². The van der Waals surface area contributed by atoms with Crippen LogP contribution in [0.1, 0.15) is 5.56 Å². The molecule has 2 aromatic carbocycles. The van der Waals surface area contributed by atoms with E-state index >= 15 is 0 Å². The Bertz CT molecular complexity index is 650. The van der Waals surface area contributed by atoms with Crippen LogP contribution in [-0.2, 0) is 11.3 Å². The molecule has 1 amide bonds. The van der Waals surface area contributed by atoms with E-state index in [4.69, 9.17) is 9.47 Å². The summed E-state index contributed by atoms with van der Waals surface area (Å²) in [5, 5.41) is 0. The smallest absolute Gasteiger partial charge is 0.507 e. The van der Waals surface area contributed by atoms with Gasteiger partial charge < -0.3 is 9.47 Å². The summed E-state index contributed by atoms with van der Waals surface area (Å²) in [7, 11) is 1.33. The Kier molecular flexibility index (Phi) is 8.47. The molecule has 112 valence electrons. The van der Waals surface area contributed by atoms with Gasteiger partial charge in [0.05, 0.1) is 13.7 Å². The van der Waals surface area contributed by atoms with Crippen molar-refractivity contribution in [3.63, 3.8) is 0 Å². The topological polar surface area (TPSA) is 38.8 Å². The number of para-hydroxylation sites is 1. The first-order valence-electron chi connectivity index (χ1n) is 6.77. The van der Waals surface area contributed by atoms with Crippen LogP contribution in [0.4, 0.5) is 4.79 Å². The minimum atomic E-state index is -0.498. The third-order valence-electron chi connectivity index (χ3n) is 2.77. The fourth-order valence-corrected chi connectivity index (χ4v) is 1.73. The first-order chi connectivity index (χ1) is 10.8. The predicted molar refractivity (Wildman–Crippen MR) is 82.9 cm³/mol. The molecule has 0 N–H and O–H groups in total. The van der Waals surface area contributed by atoms with Crippen molar-refractivity contribution in [1.82, 2.24) is 4.90 Å². The Hall–Kier alpha value is -2.33. The minimum absolute atomic E-state index is 0. The molecule has 0 aliphatic carbocycles. The van der Waals surface area contributed by atoms with Crippen molar-refractivity contribution >= 4 is 6.09 Å². The van der Waals surface area contributed by atoms with Crippen molar-refractivity contribution in [2.24, 2.45) is 0 Å². The molecule has 0 unspecified atom stereocenters. The standard InChI is InChI=1S/C18H16NO3.Li/c1-21-18(20)19(15-16-9-4-2-5-10-16)13-8-14-22-17-11-6-3-7-12-17;/h2-7,9-11H,14-15H2,1H3;/q-1;+1. The molecule has 0 saturated carbocycles. The zero-order valence-electron chi connectivity index (χ0n) is 13.3. The quantitative estimate of drug-likeness (QED) is 0.348. The number of carbonyl (C=O) groups is 1. The van der Waals surface area contributed by atoms with Crippen molar-refractivity contribution in [3.8, 4) is 17.7 Å². The molecule has 23 heavy (non-hydrogen) atoms. The van der Waals surface area contributed by atoms with Gasteiger partial charge in [0.25, 0.3) is 0 Å². The van der Waals surface area contributed by atoms with E-state index in [0.717, 1.165) is 5.56 Å². The second-order valence-corrected chi connectivity index (χ2v) is 4.35. The molecule has 0 aromatic heterocycles. The third-order valence-corrected chi connectivity index (χ3v) is 2.77. The molecular weight excluding hydrogens is 285 g/mol. The van der Waals surface area contributed by atoms with Crippen LogP contribution in [0.5, 0.6) is 5.75 Å². The summed E-state index contributed by atoms with van der Waals surface area (Å²) in [6, 6.07) is 22.6. The summed E-state index contributed by atoms with van der Waals surface area (Å²) in [5.41, 5.74) is 0.972. The molecule has 0 heterocycles. The molecule has 0 aliphatic rings. The predicted octanol–water partition coefficient (Wildman–Crippen LogP) is 0.0991. The normalized spacial score (nSPS) is 8.91. The summed E-state index contributed by atoms with van der Waals surface area (Å²) in [6.07, 6.45) is -0.498. The van der Waals surface area contributed by atoms with Gasteiger partial charge in [-0.1, -0.05) is 30.3 Å². The molecule has 0 bridgehead atoms. The van der Waals surface area contributed by atoms with E-state index in [0.29, 0.717) is 12.3 Å². The van der Waals surface area contributed by atoms with Gasteiger partial charge in [-0.2, -0.15) is 18.2 Å². The second-order valence-electron chi connectivity index (χ2n) is 4.35. The van der Waals surface area contributed by atoms with Crippen molar-refractivity contribution in [3.05, 3.63) is 66.2 Å². The molecule has 2 aromatic rings. The van der Waals surface area contributed by atoms with E-state index in [1.807, 2.05) is 42.5 Å². The van der Waals surface area contributed by atoms with Gasteiger partial charge in [-0.05, 0) is 11.5 Å². The van der Waals surface area contributed by atoms with E-state index in [-0.39, 0.29) is 25.5 Å². The van der Waals surface area contributed by atoms with Gasteiger partial charge in [-0.25, -0.2) is 9.69 Å². The van der Waals surface area contributed by atoms with Crippen LogP contribution in [-0.4, -0.2) is 24.7 Å². The Balaban J connectivity index is 0.00000264. The van der Waals surface area contributed by atoms with Crippen LogP contribution in [0.15, 0.2) is 54.6 Å². The van der Waals surface area contributed by atoms with Crippen LogP contribution < -0.4 is 23.6 Å². The largest absolute Gasteiger partial charge is 1.00 e. The Morgan fingerprint density at radius 3 is 2.57 bits per heavy atom. The number of carbonyl (C=O) groups excluding carboxylic acids is 1. The van der Waals surface area contributed by atoms with E-state index in [9.17, 15) is 4.79 Å². The zero-order chi connectivity index (χ0) is 15.6. The first kappa shape index (κ1) is 18.7. The second kappa shape index (κ2) is 10.4. The number of rotatable bonds is 4. The van der Waals surface area contributed by atoms with E-state index < -0.39 is 6.09 Å². The first-order valence-corrected chi connectivity index (χ1v) is 6.77. The zero-order valence-corrected chi connectivity index (χ0v) is 13.3. The van der Waals surface area contributed by atoms with Gasteiger partial charge in [0.15, 0.2) is 0 Å². The summed E-state index contributed by atoms with van der Waals surface area (Å²) in [5.74, 6) is 3.42. The SMILES string of the molecule is COC(=O)N(C#CCOc1[c-]cccc1)Cc1ccccc1.[Li+]. The van der Waals surface area contributed by atoms with Crippen molar-refractivity contribution in [2.45, 2.75) is 6.54 Å². The summed E-state index contributed by atoms with van der Waals surface area (Å²) < 4.78 is 10.1. The fraction of sp³-hybridized carbons (Fsp3) is 0.167. The molecule has 4 nitrogen and oxygen atoms in total. The van der Waals surface area contributed by atoms with Crippen LogP contribution in [0, 0.1) is 18.0 Å². The van der Waals surface area contributed by atoms with Crippen molar-refractivity contribution < 1.29 is 33.1 Å². The van der Waals surface area contributed by atoms with Gasteiger partial charge in [-0.3, -0.25) is 0 Å². The number of nitrogens with zero attached hydrogens (tertiary/aromatic N) is 1. The van der Waals surface area contributed by atoms with E-state index in [1.165, 1.54) is 12.0 Å². The number of hydrogen-bond acceptors (Lipinski definition) is 3. The van der Waals surface area contributed by atoms with Gasteiger partial charge in [0.2, 0.25) is 0 Å². The fourth-order valence-electron chi connectivity index (χ4n) is 1.73. The number of methoxy groups -OCH3 is 1. The third kappa shape index (κ3) is 6.53. The van der Waals surface area contributed by atoms with Crippen LogP contribution in [0.25, 0.3) is 0 Å². The van der Waals surface area contributed by atoms with Gasteiger partial charge >= 0.3 is 25.0 Å². The Morgan fingerprint density at radius 2 is 1.91 bits per heavy atom. The molecule has 5 heteroatoms. The maximum atomic E-state index is 11.7. The summed E-state index contributed by atoms with van der Waals surface area (Å²) in [4.78, 5) is 13.0.